The first kappa shape index (κ1) is 12.5. The van der Waals surface area contributed by atoms with Gasteiger partial charge in [-0.1, -0.05) is 6.07 Å². The van der Waals surface area contributed by atoms with E-state index in [4.69, 9.17) is 0 Å². The maximum Gasteiger partial charge on any atom is 0.239 e. The molecule has 1 aliphatic rings. The van der Waals surface area contributed by atoms with Crippen LogP contribution in [0.3, 0.4) is 0 Å². The van der Waals surface area contributed by atoms with Crippen LogP contribution in [-0.2, 0) is 4.79 Å². The van der Waals surface area contributed by atoms with Crippen molar-refractivity contribution in [3.8, 4) is 0 Å². The molecule has 1 amide bonds. The summed E-state index contributed by atoms with van der Waals surface area (Å²) in [5.74, 6) is 0.672. The van der Waals surface area contributed by atoms with Crippen molar-refractivity contribution in [2.75, 3.05) is 37.3 Å². The van der Waals surface area contributed by atoms with E-state index in [9.17, 15) is 4.79 Å². The standard InChI is InChI=1S/C12H18N3OP/c1-10-2-3-11(13-8-10)14-12(16)9-15-4-6-17-7-5-15/h2-3,8,17H,4-7,9H2,1H3,(H,13,14,16). The normalized spacial score (nSPS) is 16.8. The molecule has 0 aliphatic carbocycles. The van der Waals surface area contributed by atoms with Crippen molar-refractivity contribution < 1.29 is 4.79 Å². The zero-order chi connectivity index (χ0) is 12.1. The topological polar surface area (TPSA) is 45.2 Å². The van der Waals surface area contributed by atoms with Gasteiger partial charge in [-0.3, -0.25) is 9.69 Å². The average molecular weight is 251 g/mol. The Morgan fingerprint density at radius 3 is 2.88 bits per heavy atom. The molecule has 2 heterocycles. The summed E-state index contributed by atoms with van der Waals surface area (Å²) < 4.78 is 0. The second-order valence-electron chi connectivity index (χ2n) is 4.30. The lowest BCUT2D eigenvalue weighted by Crippen LogP contribution is -2.38. The fraction of sp³-hybridized carbons (Fsp3) is 0.500. The predicted octanol–water partition coefficient (Wildman–Crippen LogP) is 1.32. The molecule has 1 aromatic rings. The van der Waals surface area contributed by atoms with E-state index in [1.54, 1.807) is 6.20 Å². The number of nitrogens with one attached hydrogen (secondary N) is 1. The molecule has 0 aromatic carbocycles. The van der Waals surface area contributed by atoms with E-state index < -0.39 is 0 Å². The molecule has 0 unspecified atom stereocenters. The number of hydrogen-bond donors (Lipinski definition) is 1. The summed E-state index contributed by atoms with van der Waals surface area (Å²) in [7, 11) is 1.07. The molecule has 1 aliphatic heterocycles. The lowest BCUT2D eigenvalue weighted by molar-refractivity contribution is -0.117. The van der Waals surface area contributed by atoms with Gasteiger partial charge in [0.05, 0.1) is 6.54 Å². The van der Waals surface area contributed by atoms with Gasteiger partial charge in [0.15, 0.2) is 0 Å². The van der Waals surface area contributed by atoms with Crippen LogP contribution in [-0.4, -0.2) is 47.7 Å². The summed E-state index contributed by atoms with van der Waals surface area (Å²) in [5, 5.41) is 2.83. The van der Waals surface area contributed by atoms with Gasteiger partial charge < -0.3 is 5.32 Å². The number of nitrogens with zero attached hydrogens (tertiary/aromatic N) is 2. The molecule has 1 saturated heterocycles. The van der Waals surface area contributed by atoms with Gasteiger partial charge in [-0.2, -0.15) is 0 Å². The maximum absolute atomic E-state index is 11.8. The Labute approximate surface area is 104 Å². The highest BCUT2D eigenvalue weighted by molar-refractivity contribution is 7.38. The molecule has 0 spiro atoms. The van der Waals surface area contributed by atoms with Crippen LogP contribution < -0.4 is 5.32 Å². The minimum atomic E-state index is 0.0339. The number of aryl methyl sites for hydroxylation is 1. The second-order valence-corrected chi connectivity index (χ2v) is 5.80. The van der Waals surface area contributed by atoms with Crippen molar-refractivity contribution in [2.24, 2.45) is 0 Å². The molecule has 0 atom stereocenters. The van der Waals surface area contributed by atoms with Gasteiger partial charge >= 0.3 is 0 Å². The number of carbonyl (C=O) groups is 1. The lowest BCUT2D eigenvalue weighted by Gasteiger charge is -2.25. The van der Waals surface area contributed by atoms with Crippen LogP contribution in [0, 0.1) is 6.92 Å². The van der Waals surface area contributed by atoms with E-state index in [2.05, 4.69) is 15.2 Å². The SMILES string of the molecule is Cc1ccc(NC(=O)CN2CCPCC2)nc1. The van der Waals surface area contributed by atoms with Gasteiger partial charge in [-0.05, 0) is 30.9 Å². The van der Waals surface area contributed by atoms with Crippen LogP contribution in [0.4, 0.5) is 5.82 Å². The quantitative estimate of drug-likeness (QED) is 0.824. The molecule has 0 saturated carbocycles. The van der Waals surface area contributed by atoms with E-state index in [0.717, 1.165) is 27.2 Å². The summed E-state index contributed by atoms with van der Waals surface area (Å²) in [6.45, 7) is 4.56. The highest BCUT2D eigenvalue weighted by Gasteiger charge is 2.13. The zero-order valence-corrected chi connectivity index (χ0v) is 11.1. The largest absolute Gasteiger partial charge is 0.310 e. The van der Waals surface area contributed by atoms with Gasteiger partial charge in [-0.15, -0.1) is 8.58 Å². The molecule has 2 rings (SSSR count). The van der Waals surface area contributed by atoms with E-state index >= 15 is 0 Å². The van der Waals surface area contributed by atoms with Gasteiger partial charge in [0.2, 0.25) is 5.91 Å². The van der Waals surface area contributed by atoms with E-state index in [1.165, 1.54) is 12.3 Å². The molecule has 1 N–H and O–H groups in total. The Kier molecular flexibility index (Phi) is 4.46. The Morgan fingerprint density at radius 1 is 1.47 bits per heavy atom. The molecule has 5 heteroatoms. The van der Waals surface area contributed by atoms with E-state index in [-0.39, 0.29) is 5.91 Å². The number of pyridine rings is 1. The number of hydrogen-bond acceptors (Lipinski definition) is 3. The summed E-state index contributed by atoms with van der Waals surface area (Å²) in [4.78, 5) is 18.1. The van der Waals surface area contributed by atoms with Gasteiger partial charge in [0, 0.05) is 19.3 Å². The fourth-order valence-electron chi connectivity index (χ4n) is 1.80. The molecular weight excluding hydrogens is 233 g/mol. The van der Waals surface area contributed by atoms with E-state index in [1.807, 2.05) is 19.1 Å². The third-order valence-corrected chi connectivity index (χ3v) is 3.91. The van der Waals surface area contributed by atoms with E-state index in [0.29, 0.717) is 12.4 Å². The summed E-state index contributed by atoms with van der Waals surface area (Å²) in [5.41, 5.74) is 1.10. The van der Waals surface area contributed by atoms with Crippen LogP contribution in [0.15, 0.2) is 18.3 Å². The minimum absolute atomic E-state index is 0.0339. The molecule has 1 aromatic heterocycles. The molecular formula is C12H18N3OP. The molecule has 17 heavy (non-hydrogen) atoms. The number of carbonyl (C=O) groups excluding carboxylic acids is 1. The Morgan fingerprint density at radius 2 is 2.24 bits per heavy atom. The summed E-state index contributed by atoms with van der Waals surface area (Å²) in [6.07, 6.45) is 4.23. The van der Waals surface area contributed by atoms with Crippen molar-refractivity contribution in [1.29, 1.82) is 0 Å². The number of anilines is 1. The molecule has 4 nitrogen and oxygen atoms in total. The first-order valence-corrected chi connectivity index (χ1v) is 7.31. The highest BCUT2D eigenvalue weighted by Crippen LogP contribution is 2.15. The highest BCUT2D eigenvalue weighted by atomic mass is 31.1. The van der Waals surface area contributed by atoms with Crippen molar-refractivity contribution >= 4 is 20.3 Å². The third kappa shape index (κ3) is 4.06. The van der Waals surface area contributed by atoms with Gasteiger partial charge in [0.1, 0.15) is 5.82 Å². The third-order valence-electron chi connectivity index (χ3n) is 2.76. The summed E-state index contributed by atoms with van der Waals surface area (Å²) >= 11 is 0. The smallest absolute Gasteiger partial charge is 0.239 e. The number of aromatic nitrogens is 1. The monoisotopic (exact) mass is 251 g/mol. The first-order valence-electron chi connectivity index (χ1n) is 5.89. The van der Waals surface area contributed by atoms with Crippen molar-refractivity contribution in [2.45, 2.75) is 6.92 Å². The van der Waals surface area contributed by atoms with Gasteiger partial charge in [-0.25, -0.2) is 4.98 Å². The Bertz CT molecular complexity index is 374. The Hall–Kier alpha value is -0.990. The van der Waals surface area contributed by atoms with Crippen LogP contribution in [0.1, 0.15) is 5.56 Å². The Balaban J connectivity index is 1.82. The average Bonchev–Trinajstić information content (AvgIpc) is 2.33. The van der Waals surface area contributed by atoms with Crippen molar-refractivity contribution in [3.63, 3.8) is 0 Å². The first-order chi connectivity index (χ1) is 8.24. The van der Waals surface area contributed by atoms with Crippen LogP contribution in [0.25, 0.3) is 0 Å². The van der Waals surface area contributed by atoms with Gasteiger partial charge in [0.25, 0.3) is 0 Å². The van der Waals surface area contributed by atoms with Crippen LogP contribution in [0.5, 0.6) is 0 Å². The second kappa shape index (κ2) is 6.08. The molecule has 0 radical (unpaired) electrons. The predicted molar refractivity (Wildman–Crippen MR) is 72.1 cm³/mol. The van der Waals surface area contributed by atoms with Crippen molar-refractivity contribution in [3.05, 3.63) is 23.9 Å². The van der Waals surface area contributed by atoms with Crippen molar-refractivity contribution in [1.82, 2.24) is 9.88 Å². The number of rotatable bonds is 3. The fourth-order valence-corrected chi connectivity index (χ4v) is 3.00. The maximum atomic E-state index is 11.8. The molecule has 0 bridgehead atoms. The molecule has 92 valence electrons. The number of amides is 1. The zero-order valence-electron chi connectivity index (χ0n) is 10.1. The van der Waals surface area contributed by atoms with Crippen LogP contribution in [0.2, 0.25) is 0 Å². The summed E-state index contributed by atoms with van der Waals surface area (Å²) in [6, 6.07) is 3.79. The lowest BCUT2D eigenvalue weighted by atomic mass is 10.3. The minimum Gasteiger partial charge on any atom is -0.310 e. The van der Waals surface area contributed by atoms with Crippen LogP contribution >= 0.6 is 8.58 Å². The molecule has 1 fully saturated rings.